The fourth-order valence-corrected chi connectivity index (χ4v) is 5.13. The number of methoxy groups -OCH3 is 1. The van der Waals surface area contributed by atoms with Gasteiger partial charge in [0.2, 0.25) is 0 Å². The van der Waals surface area contributed by atoms with Crippen molar-refractivity contribution in [3.05, 3.63) is 17.0 Å². The number of nitrogens with one attached hydrogen (secondary N) is 1. The Labute approximate surface area is 132 Å². The van der Waals surface area contributed by atoms with Crippen LogP contribution in [-0.2, 0) is 21.2 Å². The van der Waals surface area contributed by atoms with Gasteiger partial charge in [-0.3, -0.25) is 0 Å². The molecule has 1 heterocycles. The molecule has 7 heteroatoms. The first-order valence-corrected chi connectivity index (χ1v) is 9.47. The van der Waals surface area contributed by atoms with E-state index in [1.807, 2.05) is 27.0 Å². The molecule has 1 unspecified atom stereocenters. The average Bonchev–Trinajstić information content (AvgIpc) is 2.94. The number of ether oxygens (including phenoxy) is 1. The third-order valence-electron chi connectivity index (χ3n) is 3.42. The van der Waals surface area contributed by atoms with Crippen molar-refractivity contribution in [2.45, 2.75) is 36.9 Å². The SMILES string of the molecule is CCC(C)N(CCOC)S(=O)(=O)c1ccc(CCNC)s1. The molecule has 0 spiro atoms. The zero-order chi connectivity index (χ0) is 15.9. The number of thiophene rings is 1. The van der Waals surface area contributed by atoms with Crippen LogP contribution in [-0.4, -0.2) is 52.6 Å². The Morgan fingerprint density at radius 1 is 1.43 bits per heavy atom. The van der Waals surface area contributed by atoms with Crippen LogP contribution in [0.5, 0.6) is 0 Å². The normalized spacial score (nSPS) is 13.8. The van der Waals surface area contributed by atoms with Crippen LogP contribution >= 0.6 is 11.3 Å². The van der Waals surface area contributed by atoms with Gasteiger partial charge in [0, 0.05) is 24.6 Å². The van der Waals surface area contributed by atoms with E-state index in [1.165, 1.54) is 11.3 Å². The van der Waals surface area contributed by atoms with E-state index < -0.39 is 10.0 Å². The van der Waals surface area contributed by atoms with Gasteiger partial charge in [-0.2, -0.15) is 4.31 Å². The van der Waals surface area contributed by atoms with Gasteiger partial charge >= 0.3 is 0 Å². The first-order valence-electron chi connectivity index (χ1n) is 7.21. The van der Waals surface area contributed by atoms with Crippen LogP contribution < -0.4 is 5.32 Å². The van der Waals surface area contributed by atoms with E-state index in [4.69, 9.17) is 4.74 Å². The zero-order valence-corrected chi connectivity index (χ0v) is 14.9. The maximum absolute atomic E-state index is 12.8. The fraction of sp³-hybridized carbons (Fsp3) is 0.714. The van der Waals surface area contributed by atoms with Crippen LogP contribution in [0, 0.1) is 0 Å². The topological polar surface area (TPSA) is 58.6 Å². The molecule has 0 radical (unpaired) electrons. The minimum Gasteiger partial charge on any atom is -0.383 e. The monoisotopic (exact) mass is 334 g/mol. The summed E-state index contributed by atoms with van der Waals surface area (Å²) in [6, 6.07) is 3.58. The highest BCUT2D eigenvalue weighted by Gasteiger charge is 2.29. The highest BCUT2D eigenvalue weighted by Crippen LogP contribution is 2.27. The molecule has 1 atom stereocenters. The zero-order valence-electron chi connectivity index (χ0n) is 13.3. The number of likely N-dealkylation sites (N-methyl/N-ethyl adjacent to an activating group) is 1. The molecule has 0 amide bonds. The standard InChI is InChI=1S/C14H26N2O3S2/c1-5-12(2)16(10-11-19-4)21(17,18)14-7-6-13(20-14)8-9-15-3/h6-7,12,15H,5,8-11H2,1-4H3. The lowest BCUT2D eigenvalue weighted by Crippen LogP contribution is -2.40. The lowest BCUT2D eigenvalue weighted by molar-refractivity contribution is 0.167. The molecule has 0 aromatic carbocycles. The molecule has 122 valence electrons. The number of sulfonamides is 1. The highest BCUT2D eigenvalue weighted by atomic mass is 32.2. The quantitative estimate of drug-likeness (QED) is 0.710. The van der Waals surface area contributed by atoms with E-state index >= 15 is 0 Å². The number of rotatable bonds is 10. The Kier molecular flexibility index (Phi) is 7.83. The van der Waals surface area contributed by atoms with Gasteiger partial charge in [-0.05, 0) is 45.5 Å². The Bertz CT molecular complexity index is 514. The molecule has 0 bridgehead atoms. The minimum atomic E-state index is -3.44. The van der Waals surface area contributed by atoms with Gasteiger partial charge in [-0.15, -0.1) is 11.3 Å². The molecule has 0 aliphatic rings. The van der Waals surface area contributed by atoms with Crippen LogP contribution in [0.3, 0.4) is 0 Å². The average molecular weight is 335 g/mol. The third kappa shape index (κ3) is 5.03. The van der Waals surface area contributed by atoms with Crippen molar-refractivity contribution in [1.29, 1.82) is 0 Å². The molecule has 1 rings (SSSR count). The van der Waals surface area contributed by atoms with Crippen LogP contribution in [0.4, 0.5) is 0 Å². The highest BCUT2D eigenvalue weighted by molar-refractivity contribution is 7.91. The maximum atomic E-state index is 12.8. The number of hydrogen-bond donors (Lipinski definition) is 1. The van der Waals surface area contributed by atoms with Crippen molar-refractivity contribution < 1.29 is 13.2 Å². The minimum absolute atomic E-state index is 0.0343. The molecule has 1 N–H and O–H groups in total. The molecular weight excluding hydrogens is 308 g/mol. The van der Waals surface area contributed by atoms with Gasteiger partial charge in [0.1, 0.15) is 4.21 Å². The molecular formula is C14H26N2O3S2. The summed E-state index contributed by atoms with van der Waals surface area (Å²) in [5.41, 5.74) is 0. The van der Waals surface area contributed by atoms with Crippen molar-refractivity contribution in [2.75, 3.05) is 33.9 Å². The summed E-state index contributed by atoms with van der Waals surface area (Å²) in [5.74, 6) is 0. The van der Waals surface area contributed by atoms with Crippen LogP contribution in [0.25, 0.3) is 0 Å². The Hall–Kier alpha value is -0.470. The summed E-state index contributed by atoms with van der Waals surface area (Å²) in [7, 11) is 0.0379. The predicted octanol–water partition coefficient (Wildman–Crippen LogP) is 1.95. The van der Waals surface area contributed by atoms with E-state index in [0.29, 0.717) is 17.4 Å². The second-order valence-corrected chi connectivity index (χ2v) is 8.23. The van der Waals surface area contributed by atoms with Gasteiger partial charge in [-0.1, -0.05) is 6.92 Å². The van der Waals surface area contributed by atoms with Crippen LogP contribution in [0.2, 0.25) is 0 Å². The van der Waals surface area contributed by atoms with Crippen molar-refractivity contribution in [1.82, 2.24) is 9.62 Å². The van der Waals surface area contributed by atoms with Crippen molar-refractivity contribution >= 4 is 21.4 Å². The second-order valence-electron chi connectivity index (χ2n) is 4.94. The lowest BCUT2D eigenvalue weighted by atomic mass is 10.3. The number of hydrogen-bond acceptors (Lipinski definition) is 5. The van der Waals surface area contributed by atoms with E-state index in [0.717, 1.165) is 24.3 Å². The summed E-state index contributed by atoms with van der Waals surface area (Å²) in [6.45, 7) is 5.56. The first kappa shape index (κ1) is 18.6. The summed E-state index contributed by atoms with van der Waals surface area (Å²) in [5, 5.41) is 3.07. The summed E-state index contributed by atoms with van der Waals surface area (Å²) >= 11 is 1.36. The summed E-state index contributed by atoms with van der Waals surface area (Å²) in [6.07, 6.45) is 1.62. The Balaban J connectivity index is 2.96. The molecule has 1 aromatic heterocycles. The molecule has 0 saturated heterocycles. The van der Waals surface area contributed by atoms with Crippen molar-refractivity contribution in [3.8, 4) is 0 Å². The third-order valence-corrected chi connectivity index (χ3v) is 7.05. The predicted molar refractivity (Wildman–Crippen MR) is 87.5 cm³/mol. The van der Waals surface area contributed by atoms with E-state index in [9.17, 15) is 8.42 Å². The van der Waals surface area contributed by atoms with E-state index in [1.54, 1.807) is 17.5 Å². The molecule has 0 saturated carbocycles. The van der Waals surface area contributed by atoms with Gasteiger partial charge in [0.05, 0.1) is 6.61 Å². The van der Waals surface area contributed by atoms with Gasteiger partial charge in [-0.25, -0.2) is 8.42 Å². The van der Waals surface area contributed by atoms with Crippen molar-refractivity contribution in [3.63, 3.8) is 0 Å². The van der Waals surface area contributed by atoms with Gasteiger partial charge in [0.25, 0.3) is 10.0 Å². The molecule has 21 heavy (non-hydrogen) atoms. The van der Waals surface area contributed by atoms with Gasteiger partial charge in [0.15, 0.2) is 0 Å². The molecule has 0 aliphatic carbocycles. The lowest BCUT2D eigenvalue weighted by Gasteiger charge is -2.26. The first-order chi connectivity index (χ1) is 9.97. The fourth-order valence-electron chi connectivity index (χ4n) is 1.96. The van der Waals surface area contributed by atoms with Gasteiger partial charge < -0.3 is 10.1 Å². The molecule has 0 fully saturated rings. The van der Waals surface area contributed by atoms with Crippen molar-refractivity contribution in [2.24, 2.45) is 0 Å². The van der Waals surface area contributed by atoms with Crippen LogP contribution in [0.1, 0.15) is 25.1 Å². The second kappa shape index (κ2) is 8.85. The maximum Gasteiger partial charge on any atom is 0.252 e. The number of nitrogens with zero attached hydrogens (tertiary/aromatic N) is 1. The summed E-state index contributed by atoms with van der Waals surface area (Å²) in [4.78, 5) is 1.08. The summed E-state index contributed by atoms with van der Waals surface area (Å²) < 4.78 is 32.6. The van der Waals surface area contributed by atoms with E-state index in [-0.39, 0.29) is 6.04 Å². The largest absolute Gasteiger partial charge is 0.383 e. The van der Waals surface area contributed by atoms with E-state index in [2.05, 4.69) is 5.32 Å². The Morgan fingerprint density at radius 2 is 2.14 bits per heavy atom. The Morgan fingerprint density at radius 3 is 2.71 bits per heavy atom. The van der Waals surface area contributed by atoms with Crippen LogP contribution in [0.15, 0.2) is 16.3 Å². The molecule has 0 aliphatic heterocycles. The molecule has 1 aromatic rings. The smallest absolute Gasteiger partial charge is 0.252 e. The molecule has 5 nitrogen and oxygen atoms in total.